The smallest absolute Gasteiger partial charge is 0.409 e. The van der Waals surface area contributed by atoms with Crippen molar-refractivity contribution < 1.29 is 9.53 Å². The predicted octanol–water partition coefficient (Wildman–Crippen LogP) is 3.84. The van der Waals surface area contributed by atoms with Crippen LogP contribution >= 0.6 is 39.1 Å². The standard InChI is InChI=1S/C7H3BrCl2O2/c8-4-1-2-6(5(9)3-4)12-7(10)11/h1-3H. The fraction of sp³-hybridized carbons (Fsp3) is 0. The zero-order valence-corrected chi connectivity index (χ0v) is 8.78. The third-order valence-corrected chi connectivity index (χ3v) is 1.95. The Hall–Kier alpha value is -0.250. The van der Waals surface area contributed by atoms with Crippen LogP contribution in [0.3, 0.4) is 0 Å². The average Bonchev–Trinajstić information content (AvgIpc) is 1.94. The highest BCUT2D eigenvalue weighted by Gasteiger charge is 2.04. The summed E-state index contributed by atoms with van der Waals surface area (Å²) in [6.45, 7) is 0. The maximum absolute atomic E-state index is 10.3. The summed E-state index contributed by atoms with van der Waals surface area (Å²) < 4.78 is 5.38. The molecule has 0 N–H and O–H groups in total. The van der Waals surface area contributed by atoms with Crippen LogP contribution in [0.5, 0.6) is 5.75 Å². The van der Waals surface area contributed by atoms with E-state index in [-0.39, 0.29) is 5.75 Å². The number of carbonyl (C=O) groups is 1. The molecule has 5 heteroatoms. The summed E-state index contributed by atoms with van der Waals surface area (Å²) in [5, 5.41) is 0.332. The lowest BCUT2D eigenvalue weighted by molar-refractivity contribution is 0.225. The van der Waals surface area contributed by atoms with Gasteiger partial charge in [0.15, 0.2) is 5.75 Å². The lowest BCUT2D eigenvalue weighted by Crippen LogP contribution is -1.96. The normalized spacial score (nSPS) is 9.58. The highest BCUT2D eigenvalue weighted by molar-refractivity contribution is 9.10. The fourth-order valence-electron chi connectivity index (χ4n) is 0.644. The quantitative estimate of drug-likeness (QED) is 0.724. The summed E-state index contributed by atoms with van der Waals surface area (Å²) in [6, 6.07) is 4.85. The summed E-state index contributed by atoms with van der Waals surface area (Å²) in [5.41, 5.74) is -0.903. The molecule has 0 spiro atoms. The molecular weight excluding hydrogens is 267 g/mol. The van der Waals surface area contributed by atoms with Crippen molar-refractivity contribution in [2.24, 2.45) is 0 Å². The van der Waals surface area contributed by atoms with Crippen molar-refractivity contribution in [1.82, 2.24) is 0 Å². The number of carbonyl (C=O) groups excluding carboxylic acids is 1. The molecule has 0 amide bonds. The predicted molar refractivity (Wildman–Crippen MR) is 51.0 cm³/mol. The number of benzene rings is 1. The lowest BCUT2D eigenvalue weighted by Gasteiger charge is -2.01. The molecule has 1 aromatic carbocycles. The molecule has 0 unspecified atom stereocenters. The Morgan fingerprint density at radius 1 is 1.50 bits per heavy atom. The molecule has 0 aliphatic rings. The van der Waals surface area contributed by atoms with Crippen LogP contribution in [0.25, 0.3) is 0 Å². The Morgan fingerprint density at radius 3 is 2.67 bits per heavy atom. The van der Waals surface area contributed by atoms with Gasteiger partial charge in [-0.25, -0.2) is 4.79 Å². The number of hydrogen-bond acceptors (Lipinski definition) is 2. The minimum absolute atomic E-state index is 0.250. The van der Waals surface area contributed by atoms with Crippen LogP contribution in [-0.4, -0.2) is 5.43 Å². The molecule has 0 radical (unpaired) electrons. The van der Waals surface area contributed by atoms with E-state index in [1.165, 1.54) is 0 Å². The van der Waals surface area contributed by atoms with Gasteiger partial charge in [-0.15, -0.1) is 0 Å². The molecule has 0 atom stereocenters. The van der Waals surface area contributed by atoms with Gasteiger partial charge in [0, 0.05) is 16.1 Å². The van der Waals surface area contributed by atoms with Crippen LogP contribution in [-0.2, 0) is 0 Å². The van der Waals surface area contributed by atoms with Crippen LogP contribution in [0.1, 0.15) is 0 Å². The Bertz CT molecular complexity index is 314. The highest BCUT2D eigenvalue weighted by atomic mass is 79.9. The average molecular weight is 270 g/mol. The van der Waals surface area contributed by atoms with Crippen LogP contribution in [0.4, 0.5) is 4.79 Å². The van der Waals surface area contributed by atoms with E-state index in [1.807, 2.05) is 0 Å². The van der Waals surface area contributed by atoms with E-state index in [0.717, 1.165) is 4.47 Å². The molecule has 64 valence electrons. The molecular formula is C7H3BrCl2O2. The topological polar surface area (TPSA) is 26.3 Å². The first-order valence-corrected chi connectivity index (χ1v) is 4.47. The van der Waals surface area contributed by atoms with Gasteiger partial charge in [-0.1, -0.05) is 27.5 Å². The second-order valence-corrected chi connectivity index (χ2v) is 3.55. The van der Waals surface area contributed by atoms with E-state index in [1.54, 1.807) is 18.2 Å². The molecule has 0 aliphatic carbocycles. The van der Waals surface area contributed by atoms with E-state index in [9.17, 15) is 4.79 Å². The summed E-state index contributed by atoms with van der Waals surface area (Å²) in [7, 11) is 0. The molecule has 0 heterocycles. The Kier molecular flexibility index (Phi) is 3.38. The van der Waals surface area contributed by atoms with Crippen molar-refractivity contribution in [2.45, 2.75) is 0 Å². The minimum atomic E-state index is -0.903. The fourth-order valence-corrected chi connectivity index (χ4v) is 1.44. The van der Waals surface area contributed by atoms with Crippen LogP contribution in [0.15, 0.2) is 22.7 Å². The van der Waals surface area contributed by atoms with Crippen LogP contribution < -0.4 is 4.74 Å². The van der Waals surface area contributed by atoms with Gasteiger partial charge in [0.05, 0.1) is 5.02 Å². The van der Waals surface area contributed by atoms with Gasteiger partial charge >= 0.3 is 5.43 Å². The molecule has 0 fully saturated rings. The first-order valence-electron chi connectivity index (χ1n) is 2.92. The number of halogens is 3. The number of hydrogen-bond donors (Lipinski definition) is 0. The van der Waals surface area contributed by atoms with Gasteiger partial charge in [0.2, 0.25) is 0 Å². The zero-order chi connectivity index (χ0) is 9.14. The van der Waals surface area contributed by atoms with E-state index in [4.69, 9.17) is 23.2 Å². The van der Waals surface area contributed by atoms with Gasteiger partial charge in [-0.3, -0.25) is 0 Å². The molecule has 0 saturated heterocycles. The van der Waals surface area contributed by atoms with Gasteiger partial charge in [0.25, 0.3) is 0 Å². The second kappa shape index (κ2) is 4.12. The van der Waals surface area contributed by atoms with Crippen molar-refractivity contribution >= 4 is 44.6 Å². The molecule has 0 bridgehead atoms. The Labute approximate surface area is 87.5 Å². The molecule has 0 aliphatic heterocycles. The lowest BCUT2D eigenvalue weighted by atomic mass is 10.3. The molecule has 0 aromatic heterocycles. The van der Waals surface area contributed by atoms with Crippen molar-refractivity contribution in [1.29, 1.82) is 0 Å². The van der Waals surface area contributed by atoms with Crippen molar-refractivity contribution in [3.8, 4) is 5.75 Å². The van der Waals surface area contributed by atoms with Crippen molar-refractivity contribution in [3.05, 3.63) is 27.7 Å². The molecule has 12 heavy (non-hydrogen) atoms. The van der Waals surface area contributed by atoms with Crippen LogP contribution in [0.2, 0.25) is 5.02 Å². The van der Waals surface area contributed by atoms with Crippen LogP contribution in [0, 0.1) is 0 Å². The molecule has 1 aromatic rings. The first kappa shape index (κ1) is 9.84. The Morgan fingerprint density at radius 2 is 2.17 bits per heavy atom. The molecule has 1 rings (SSSR count). The molecule has 0 saturated carbocycles. The van der Waals surface area contributed by atoms with E-state index >= 15 is 0 Å². The SMILES string of the molecule is O=C(Cl)Oc1ccc(Br)cc1Cl. The van der Waals surface area contributed by atoms with Crippen molar-refractivity contribution in [2.75, 3.05) is 0 Å². The van der Waals surface area contributed by atoms with Gasteiger partial charge in [-0.2, -0.15) is 0 Å². The maximum Gasteiger partial charge on any atom is 0.409 e. The Balaban J connectivity index is 2.93. The summed E-state index contributed by atoms with van der Waals surface area (Å²) in [6.07, 6.45) is 0. The molecule has 2 nitrogen and oxygen atoms in total. The number of ether oxygens (including phenoxy) is 1. The van der Waals surface area contributed by atoms with Gasteiger partial charge in [0.1, 0.15) is 0 Å². The van der Waals surface area contributed by atoms with Gasteiger partial charge < -0.3 is 4.74 Å². The van der Waals surface area contributed by atoms with Gasteiger partial charge in [-0.05, 0) is 18.2 Å². The zero-order valence-electron chi connectivity index (χ0n) is 5.68. The third-order valence-electron chi connectivity index (χ3n) is 1.08. The maximum atomic E-state index is 10.3. The largest absolute Gasteiger partial charge is 0.413 e. The minimum Gasteiger partial charge on any atom is -0.413 e. The number of rotatable bonds is 1. The van der Waals surface area contributed by atoms with Crippen molar-refractivity contribution in [3.63, 3.8) is 0 Å². The van der Waals surface area contributed by atoms with E-state index in [2.05, 4.69) is 20.7 Å². The monoisotopic (exact) mass is 268 g/mol. The van der Waals surface area contributed by atoms with E-state index < -0.39 is 5.43 Å². The first-order chi connectivity index (χ1) is 5.59. The summed E-state index contributed by atoms with van der Waals surface area (Å²) in [5.74, 6) is 0.250. The van der Waals surface area contributed by atoms with E-state index in [0.29, 0.717) is 5.02 Å². The summed E-state index contributed by atoms with van der Waals surface area (Å²) >= 11 is 13.9. The second-order valence-electron chi connectivity index (χ2n) is 1.91. The summed E-state index contributed by atoms with van der Waals surface area (Å²) in [4.78, 5) is 10.3. The third kappa shape index (κ3) is 2.66. The highest BCUT2D eigenvalue weighted by Crippen LogP contribution is 2.28.